The van der Waals surface area contributed by atoms with Crippen LogP contribution in [-0.2, 0) is 6.42 Å². The molecule has 14 heavy (non-hydrogen) atoms. The van der Waals surface area contributed by atoms with Gasteiger partial charge in [0, 0.05) is 17.5 Å². The van der Waals surface area contributed by atoms with Crippen molar-refractivity contribution in [3.05, 3.63) is 54.3 Å². The number of hydrogen-bond acceptors (Lipinski definition) is 1. The Morgan fingerprint density at radius 3 is 2.71 bits per heavy atom. The Labute approximate surface area is 83.0 Å². The van der Waals surface area contributed by atoms with E-state index >= 15 is 0 Å². The van der Waals surface area contributed by atoms with E-state index in [4.69, 9.17) is 4.74 Å². The zero-order chi connectivity index (χ0) is 9.54. The van der Waals surface area contributed by atoms with Gasteiger partial charge in [0.25, 0.3) is 0 Å². The van der Waals surface area contributed by atoms with Crippen molar-refractivity contribution in [3.8, 4) is 16.9 Å². The van der Waals surface area contributed by atoms with Crippen LogP contribution in [0.4, 0.5) is 0 Å². The lowest BCUT2D eigenvalue weighted by molar-refractivity contribution is 0.451. The van der Waals surface area contributed by atoms with Crippen LogP contribution in [0, 0.1) is 0 Å². The lowest BCUT2D eigenvalue weighted by atomic mass is 10.1. The van der Waals surface area contributed by atoms with Gasteiger partial charge in [-0.05, 0) is 5.56 Å². The highest BCUT2D eigenvalue weighted by Gasteiger charge is 2.19. The molecule has 1 aliphatic heterocycles. The third-order valence-corrected chi connectivity index (χ3v) is 2.59. The molecule has 1 heterocycles. The molecule has 1 heteroatoms. The average Bonchev–Trinajstić information content (AvgIpc) is 2.70. The number of fused-ring (bicyclic) bond motifs is 3. The van der Waals surface area contributed by atoms with Gasteiger partial charge in [0.2, 0.25) is 0 Å². The summed E-state index contributed by atoms with van der Waals surface area (Å²) >= 11 is 0. The van der Waals surface area contributed by atoms with E-state index in [-0.39, 0.29) is 0 Å². The molecular weight excluding hydrogens is 172 g/mol. The SMILES string of the molecule is C=C1Cc2cccc3cccc-3c2O1. The van der Waals surface area contributed by atoms with Crippen molar-refractivity contribution in [1.82, 2.24) is 0 Å². The molecule has 0 bridgehead atoms. The third-order valence-electron chi connectivity index (χ3n) is 2.59. The van der Waals surface area contributed by atoms with Crippen LogP contribution in [0.25, 0.3) is 11.1 Å². The van der Waals surface area contributed by atoms with E-state index in [0.29, 0.717) is 0 Å². The minimum Gasteiger partial charge on any atom is -0.461 e. The van der Waals surface area contributed by atoms with E-state index in [2.05, 4.69) is 43.0 Å². The molecule has 0 aromatic heterocycles. The number of rotatable bonds is 0. The zero-order valence-electron chi connectivity index (χ0n) is 7.79. The molecule has 0 amide bonds. The number of ether oxygens (including phenoxy) is 1. The van der Waals surface area contributed by atoms with Gasteiger partial charge >= 0.3 is 0 Å². The van der Waals surface area contributed by atoms with Gasteiger partial charge in [-0.3, -0.25) is 0 Å². The van der Waals surface area contributed by atoms with Gasteiger partial charge in [-0.25, -0.2) is 0 Å². The Bertz CT molecular complexity index is 485. The Balaban J connectivity index is 2.34. The van der Waals surface area contributed by atoms with Gasteiger partial charge in [-0.2, -0.15) is 0 Å². The molecule has 0 N–H and O–H groups in total. The standard InChI is InChI=1S/C13H10O/c1-9-8-11-6-2-4-10-5-3-7-12(10)13(11)14-9/h2-7H,1,8H2. The summed E-state index contributed by atoms with van der Waals surface area (Å²) in [5.41, 5.74) is 3.64. The summed E-state index contributed by atoms with van der Waals surface area (Å²) in [4.78, 5) is 0. The van der Waals surface area contributed by atoms with Crippen molar-refractivity contribution >= 4 is 0 Å². The molecule has 0 spiro atoms. The highest BCUT2D eigenvalue weighted by atomic mass is 16.5. The van der Waals surface area contributed by atoms with Gasteiger partial charge in [0.05, 0.1) is 0 Å². The topological polar surface area (TPSA) is 9.23 Å². The first-order chi connectivity index (χ1) is 6.84. The molecular formula is C13H10O. The quantitative estimate of drug-likeness (QED) is 0.607. The molecule has 0 unspecified atom stereocenters. The van der Waals surface area contributed by atoms with Crippen LogP contribution in [0.3, 0.4) is 0 Å². The molecule has 1 nitrogen and oxygen atoms in total. The van der Waals surface area contributed by atoms with E-state index in [1.165, 1.54) is 16.7 Å². The predicted octanol–water partition coefficient (Wildman–Crippen LogP) is 3.24. The van der Waals surface area contributed by atoms with Crippen LogP contribution >= 0.6 is 0 Å². The maximum atomic E-state index is 5.64. The van der Waals surface area contributed by atoms with Gasteiger partial charge in [-0.15, -0.1) is 0 Å². The van der Waals surface area contributed by atoms with Gasteiger partial charge < -0.3 is 4.74 Å². The average molecular weight is 182 g/mol. The maximum Gasteiger partial charge on any atom is 0.138 e. The van der Waals surface area contributed by atoms with Crippen molar-refractivity contribution in [2.75, 3.05) is 0 Å². The fraction of sp³-hybridized carbons (Fsp3) is 0.0769. The zero-order valence-corrected chi connectivity index (χ0v) is 7.79. The monoisotopic (exact) mass is 182 g/mol. The molecule has 0 radical (unpaired) electrons. The van der Waals surface area contributed by atoms with Crippen molar-refractivity contribution in [2.45, 2.75) is 6.42 Å². The molecule has 2 aliphatic carbocycles. The van der Waals surface area contributed by atoms with Crippen LogP contribution in [0.5, 0.6) is 5.75 Å². The minimum absolute atomic E-state index is 0.838. The molecule has 0 aromatic carbocycles. The molecule has 3 rings (SSSR count). The number of hydrogen-bond donors (Lipinski definition) is 0. The minimum atomic E-state index is 0.838. The normalized spacial score (nSPS) is 14.1. The molecule has 0 fully saturated rings. The van der Waals surface area contributed by atoms with Crippen molar-refractivity contribution < 1.29 is 4.74 Å². The second-order valence-corrected chi connectivity index (χ2v) is 3.59. The second kappa shape index (κ2) is 2.61. The molecule has 68 valence electrons. The second-order valence-electron chi connectivity index (χ2n) is 3.59. The van der Waals surface area contributed by atoms with E-state index in [1.54, 1.807) is 0 Å². The summed E-state index contributed by atoms with van der Waals surface area (Å²) in [5.74, 6) is 1.83. The van der Waals surface area contributed by atoms with Crippen LogP contribution in [0.1, 0.15) is 5.56 Å². The Kier molecular flexibility index (Phi) is 1.42. The van der Waals surface area contributed by atoms with E-state index < -0.39 is 0 Å². The van der Waals surface area contributed by atoms with Crippen LogP contribution in [0.2, 0.25) is 0 Å². The highest BCUT2D eigenvalue weighted by molar-refractivity contribution is 5.75. The van der Waals surface area contributed by atoms with Gasteiger partial charge in [-0.1, -0.05) is 43.0 Å². The summed E-state index contributed by atoms with van der Waals surface area (Å²) in [6.07, 6.45) is 0.838. The fourth-order valence-corrected chi connectivity index (χ4v) is 1.96. The number of allylic oxidation sites excluding steroid dienone is 1. The van der Waals surface area contributed by atoms with Crippen LogP contribution in [-0.4, -0.2) is 0 Å². The smallest absolute Gasteiger partial charge is 0.138 e. The van der Waals surface area contributed by atoms with E-state index in [1.807, 2.05) is 0 Å². The highest BCUT2D eigenvalue weighted by Crippen LogP contribution is 2.39. The first-order valence-electron chi connectivity index (χ1n) is 4.71. The van der Waals surface area contributed by atoms with Crippen molar-refractivity contribution in [1.29, 1.82) is 0 Å². The molecule has 0 aromatic rings. The van der Waals surface area contributed by atoms with Gasteiger partial charge in [0.1, 0.15) is 11.5 Å². The third kappa shape index (κ3) is 0.956. The summed E-state index contributed by atoms with van der Waals surface area (Å²) < 4.78 is 5.64. The maximum absolute atomic E-state index is 5.64. The summed E-state index contributed by atoms with van der Waals surface area (Å²) in [6, 6.07) is 12.5. The molecule has 3 aliphatic rings. The first-order valence-corrected chi connectivity index (χ1v) is 4.71. The summed E-state index contributed by atoms with van der Waals surface area (Å²) in [6.45, 7) is 3.86. The van der Waals surface area contributed by atoms with Gasteiger partial charge in [0.15, 0.2) is 0 Å². The molecule has 0 atom stereocenters. The first kappa shape index (κ1) is 7.63. The Morgan fingerprint density at radius 2 is 1.86 bits per heavy atom. The molecule has 0 saturated carbocycles. The van der Waals surface area contributed by atoms with Crippen LogP contribution < -0.4 is 4.74 Å². The van der Waals surface area contributed by atoms with E-state index in [0.717, 1.165) is 17.9 Å². The Morgan fingerprint density at radius 1 is 1.07 bits per heavy atom. The summed E-state index contributed by atoms with van der Waals surface area (Å²) in [5, 5.41) is 0. The summed E-state index contributed by atoms with van der Waals surface area (Å²) in [7, 11) is 0. The lowest BCUT2D eigenvalue weighted by Gasteiger charge is -2.00. The van der Waals surface area contributed by atoms with Crippen LogP contribution in [0.15, 0.2) is 48.7 Å². The van der Waals surface area contributed by atoms with Crippen molar-refractivity contribution in [3.63, 3.8) is 0 Å². The fourth-order valence-electron chi connectivity index (χ4n) is 1.96. The predicted molar refractivity (Wildman–Crippen MR) is 56.5 cm³/mol. The molecule has 0 saturated heterocycles. The van der Waals surface area contributed by atoms with E-state index in [9.17, 15) is 0 Å². The lowest BCUT2D eigenvalue weighted by Crippen LogP contribution is -1.84. The largest absolute Gasteiger partial charge is 0.461 e. The van der Waals surface area contributed by atoms with Crippen molar-refractivity contribution in [2.24, 2.45) is 0 Å². The Hall–Kier alpha value is -1.76.